The summed E-state index contributed by atoms with van der Waals surface area (Å²) in [7, 11) is 0. The first-order chi connectivity index (χ1) is 13.6. The number of carbonyl (C=O) groups excluding carboxylic acids is 1. The third-order valence-corrected chi connectivity index (χ3v) is 6.92. The van der Waals surface area contributed by atoms with E-state index < -0.39 is 5.91 Å². The fourth-order valence-corrected chi connectivity index (χ4v) is 4.96. The molecule has 0 unspecified atom stereocenters. The molecule has 142 valence electrons. The highest BCUT2D eigenvalue weighted by Gasteiger charge is 2.17. The van der Waals surface area contributed by atoms with Gasteiger partial charge in [-0.05, 0) is 42.6 Å². The molecule has 28 heavy (non-hydrogen) atoms. The maximum Gasteiger partial charge on any atom is 0.297 e. The van der Waals surface area contributed by atoms with Crippen LogP contribution in [0.5, 0.6) is 0 Å². The van der Waals surface area contributed by atoms with E-state index in [-0.39, 0.29) is 5.82 Å². The monoisotopic (exact) mass is 448 g/mol. The molecule has 0 spiro atoms. The fourth-order valence-electron chi connectivity index (χ4n) is 2.31. The lowest BCUT2D eigenvalue weighted by Crippen LogP contribution is -2.14. The van der Waals surface area contributed by atoms with Crippen LogP contribution in [-0.4, -0.2) is 30.9 Å². The molecule has 0 saturated heterocycles. The predicted octanol–water partition coefficient (Wildman–Crippen LogP) is 4.69. The van der Waals surface area contributed by atoms with Crippen molar-refractivity contribution in [1.29, 1.82) is 0 Å². The summed E-state index contributed by atoms with van der Waals surface area (Å²) in [5, 5.41) is 18.2. The lowest BCUT2D eigenvalue weighted by molar-refractivity contribution is 0.101. The van der Waals surface area contributed by atoms with Crippen molar-refractivity contribution in [2.75, 3.05) is 5.32 Å². The van der Waals surface area contributed by atoms with Crippen molar-refractivity contribution in [3.05, 3.63) is 63.3 Å². The fraction of sp³-hybridized carbons (Fsp3) is 0.118. The van der Waals surface area contributed by atoms with E-state index in [0.29, 0.717) is 16.0 Å². The van der Waals surface area contributed by atoms with Crippen LogP contribution in [0.2, 0.25) is 5.02 Å². The Hall–Kier alpha value is -2.27. The number of amides is 1. The summed E-state index contributed by atoms with van der Waals surface area (Å²) in [6, 6.07) is 11.2. The van der Waals surface area contributed by atoms with Gasteiger partial charge >= 0.3 is 0 Å². The number of carbonyl (C=O) groups is 1. The Morgan fingerprint density at radius 3 is 2.82 bits per heavy atom. The van der Waals surface area contributed by atoms with Crippen LogP contribution in [0.1, 0.15) is 21.3 Å². The van der Waals surface area contributed by atoms with E-state index in [0.717, 1.165) is 15.8 Å². The Kier molecular flexibility index (Phi) is 5.72. The van der Waals surface area contributed by atoms with Crippen molar-refractivity contribution in [3.63, 3.8) is 0 Å². The van der Waals surface area contributed by atoms with Crippen LogP contribution in [-0.2, 0) is 5.75 Å². The maximum atomic E-state index is 12.5. The second-order valence-electron chi connectivity index (χ2n) is 5.57. The molecule has 1 aromatic carbocycles. The van der Waals surface area contributed by atoms with Gasteiger partial charge in [0.1, 0.15) is 5.82 Å². The smallest absolute Gasteiger partial charge is 0.294 e. The van der Waals surface area contributed by atoms with Crippen molar-refractivity contribution in [1.82, 2.24) is 25.0 Å². The first-order valence-corrected chi connectivity index (χ1v) is 11.1. The molecule has 4 rings (SSSR count). The van der Waals surface area contributed by atoms with Crippen molar-refractivity contribution in [3.8, 4) is 5.69 Å². The second kappa shape index (κ2) is 8.39. The number of thiophene rings is 1. The summed E-state index contributed by atoms with van der Waals surface area (Å²) < 4.78 is 2.38. The molecule has 7 nitrogen and oxygen atoms in total. The molecule has 4 aromatic rings. The number of rotatable bonds is 6. The summed E-state index contributed by atoms with van der Waals surface area (Å²) in [6.45, 7) is 1.78. The van der Waals surface area contributed by atoms with Gasteiger partial charge in [-0.3, -0.25) is 10.1 Å². The standard InChI is InChI=1S/C17H13ClN6OS3/c1-10-19-14(23-24(10)12-6-4-11(18)5-7-12)15(25)20-16-21-22-17(28-16)27-9-13-3-2-8-26-13/h2-8H,9H2,1H3,(H,20,21,25). The average Bonchev–Trinajstić information content (AvgIpc) is 3.42. The first kappa shape index (κ1) is 19.1. The van der Waals surface area contributed by atoms with Crippen LogP contribution >= 0.6 is 46.0 Å². The minimum atomic E-state index is -0.429. The number of aryl methyl sites for hydroxylation is 1. The summed E-state index contributed by atoms with van der Waals surface area (Å²) in [6.07, 6.45) is 0. The first-order valence-electron chi connectivity index (χ1n) is 8.08. The molecule has 11 heteroatoms. The molecule has 0 atom stereocenters. The molecule has 0 aliphatic carbocycles. The number of anilines is 1. The van der Waals surface area contributed by atoms with Crippen LogP contribution in [0.15, 0.2) is 46.1 Å². The van der Waals surface area contributed by atoms with E-state index in [1.165, 1.54) is 16.2 Å². The van der Waals surface area contributed by atoms with Gasteiger partial charge in [0.05, 0.1) is 5.69 Å². The Morgan fingerprint density at radius 1 is 1.25 bits per heavy atom. The molecule has 0 saturated carbocycles. The van der Waals surface area contributed by atoms with E-state index in [1.807, 2.05) is 23.6 Å². The molecule has 3 aromatic heterocycles. The Morgan fingerprint density at radius 2 is 2.07 bits per heavy atom. The van der Waals surface area contributed by atoms with E-state index in [1.54, 1.807) is 46.8 Å². The van der Waals surface area contributed by atoms with E-state index >= 15 is 0 Å². The molecule has 0 fully saturated rings. The number of halogens is 1. The molecule has 0 aliphatic heterocycles. The molecule has 0 radical (unpaired) electrons. The van der Waals surface area contributed by atoms with E-state index in [9.17, 15) is 4.79 Å². The molecule has 3 heterocycles. The van der Waals surface area contributed by atoms with Gasteiger partial charge in [-0.25, -0.2) is 9.67 Å². The van der Waals surface area contributed by atoms with Crippen molar-refractivity contribution in [2.45, 2.75) is 17.0 Å². The van der Waals surface area contributed by atoms with Crippen LogP contribution in [0.25, 0.3) is 5.69 Å². The van der Waals surface area contributed by atoms with Gasteiger partial charge in [0, 0.05) is 15.7 Å². The molecule has 0 bridgehead atoms. The summed E-state index contributed by atoms with van der Waals surface area (Å²) in [4.78, 5) is 18.0. The quantitative estimate of drug-likeness (QED) is 0.340. The number of nitrogens with zero attached hydrogens (tertiary/aromatic N) is 5. The lowest BCUT2D eigenvalue weighted by Gasteiger charge is -2.02. The van der Waals surface area contributed by atoms with Gasteiger partial charge in [0.2, 0.25) is 11.0 Å². The number of hydrogen-bond acceptors (Lipinski definition) is 8. The van der Waals surface area contributed by atoms with Gasteiger partial charge < -0.3 is 0 Å². The number of thioether (sulfide) groups is 1. The number of aromatic nitrogens is 5. The van der Waals surface area contributed by atoms with E-state index in [2.05, 4.69) is 31.7 Å². The predicted molar refractivity (Wildman–Crippen MR) is 113 cm³/mol. The van der Waals surface area contributed by atoms with Gasteiger partial charge in [-0.15, -0.1) is 26.6 Å². The summed E-state index contributed by atoms with van der Waals surface area (Å²) in [5.41, 5.74) is 0.775. The second-order valence-corrected chi connectivity index (χ2v) is 9.23. The minimum Gasteiger partial charge on any atom is -0.294 e. The third kappa shape index (κ3) is 4.41. The Labute approximate surface area is 177 Å². The molecule has 1 amide bonds. The van der Waals surface area contributed by atoms with Crippen molar-refractivity contribution in [2.24, 2.45) is 0 Å². The molecular weight excluding hydrogens is 436 g/mol. The van der Waals surface area contributed by atoms with Crippen LogP contribution in [0.3, 0.4) is 0 Å². The topological polar surface area (TPSA) is 85.6 Å². The highest BCUT2D eigenvalue weighted by Crippen LogP contribution is 2.29. The average molecular weight is 449 g/mol. The summed E-state index contributed by atoms with van der Waals surface area (Å²) >= 11 is 10.5. The highest BCUT2D eigenvalue weighted by molar-refractivity contribution is 8.00. The van der Waals surface area contributed by atoms with Crippen LogP contribution < -0.4 is 5.32 Å². The van der Waals surface area contributed by atoms with Gasteiger partial charge in [-0.1, -0.05) is 40.8 Å². The Bertz CT molecular complexity index is 1090. The maximum absolute atomic E-state index is 12.5. The molecule has 0 aliphatic rings. The SMILES string of the molecule is Cc1nc(C(=O)Nc2nnc(SCc3cccs3)s2)nn1-c1ccc(Cl)cc1. The zero-order valence-corrected chi connectivity index (χ0v) is 17.7. The summed E-state index contributed by atoms with van der Waals surface area (Å²) in [5.74, 6) is 1.06. The third-order valence-electron chi connectivity index (χ3n) is 3.59. The van der Waals surface area contributed by atoms with Gasteiger partial charge in [0.15, 0.2) is 4.34 Å². The van der Waals surface area contributed by atoms with Crippen molar-refractivity contribution >= 4 is 57.1 Å². The Balaban J connectivity index is 1.42. The zero-order valence-electron chi connectivity index (χ0n) is 14.5. The van der Waals surface area contributed by atoms with Crippen LogP contribution in [0.4, 0.5) is 5.13 Å². The number of hydrogen-bond donors (Lipinski definition) is 1. The molecule has 1 N–H and O–H groups in total. The van der Waals surface area contributed by atoms with Gasteiger partial charge in [-0.2, -0.15) is 0 Å². The zero-order chi connectivity index (χ0) is 19.5. The van der Waals surface area contributed by atoms with Gasteiger partial charge in [0.25, 0.3) is 5.91 Å². The molecular formula is C17H13ClN6OS3. The van der Waals surface area contributed by atoms with E-state index in [4.69, 9.17) is 11.6 Å². The highest BCUT2D eigenvalue weighted by atomic mass is 35.5. The lowest BCUT2D eigenvalue weighted by atomic mass is 10.3. The van der Waals surface area contributed by atoms with Crippen molar-refractivity contribution < 1.29 is 4.79 Å². The number of benzene rings is 1. The normalized spacial score (nSPS) is 10.9. The largest absolute Gasteiger partial charge is 0.297 e. The van der Waals surface area contributed by atoms with Crippen LogP contribution in [0, 0.1) is 6.92 Å². The minimum absolute atomic E-state index is 0.0652. The number of nitrogens with one attached hydrogen (secondary N) is 1.